The van der Waals surface area contributed by atoms with E-state index >= 15 is 0 Å². The quantitative estimate of drug-likeness (QED) is 0.384. The van der Waals surface area contributed by atoms with Gasteiger partial charge in [-0.05, 0) is 37.2 Å². The lowest BCUT2D eigenvalue weighted by Crippen LogP contribution is -2.25. The van der Waals surface area contributed by atoms with E-state index in [4.69, 9.17) is 0 Å². The van der Waals surface area contributed by atoms with Gasteiger partial charge in [-0.15, -0.1) is 30.1 Å². The molecule has 15 heavy (non-hydrogen) atoms. The third-order valence-corrected chi connectivity index (χ3v) is 6.12. The summed E-state index contributed by atoms with van der Waals surface area (Å²) in [6.45, 7) is 3.73. The molecule has 0 aromatic carbocycles. The van der Waals surface area contributed by atoms with Crippen LogP contribution in [0.2, 0.25) is 0 Å². The van der Waals surface area contributed by atoms with Gasteiger partial charge in [-0.2, -0.15) is 0 Å². The van der Waals surface area contributed by atoms with Gasteiger partial charge in [-0.25, -0.2) is 0 Å². The van der Waals surface area contributed by atoms with Crippen molar-refractivity contribution in [3.63, 3.8) is 0 Å². The normalized spacial score (nSPS) is 19.7. The molecule has 0 bridgehead atoms. The van der Waals surface area contributed by atoms with Gasteiger partial charge in [0, 0.05) is 6.42 Å². The summed E-state index contributed by atoms with van der Waals surface area (Å²) in [5, 5.41) is 0. The molecule has 0 aliphatic carbocycles. The van der Waals surface area contributed by atoms with Crippen LogP contribution in [0.5, 0.6) is 0 Å². The molecule has 0 spiro atoms. The summed E-state index contributed by atoms with van der Waals surface area (Å²) in [7, 11) is 0. The van der Waals surface area contributed by atoms with Crippen molar-refractivity contribution < 1.29 is 4.79 Å². The zero-order chi connectivity index (χ0) is 11.0. The first-order chi connectivity index (χ1) is 7.33. The number of thioether (sulfide) groups is 2. The van der Waals surface area contributed by atoms with Crippen molar-refractivity contribution in [2.24, 2.45) is 0 Å². The molecule has 0 N–H and O–H groups in total. The molecule has 0 aromatic rings. The Kier molecular flexibility index (Phi) is 6.50. The molecule has 1 nitrogen and oxygen atoms in total. The number of allylic oxidation sites excluding steroid dienone is 1. The first-order valence-corrected chi connectivity index (χ1v) is 7.62. The van der Waals surface area contributed by atoms with E-state index in [2.05, 4.69) is 6.58 Å². The van der Waals surface area contributed by atoms with E-state index in [1.807, 2.05) is 29.6 Å². The highest BCUT2D eigenvalue weighted by Crippen LogP contribution is 2.47. The Hall–Kier alpha value is 0.110. The first-order valence-electron chi connectivity index (χ1n) is 5.65. The second-order valence-electron chi connectivity index (χ2n) is 3.87. The Morgan fingerprint density at radius 3 is 2.60 bits per heavy atom. The maximum atomic E-state index is 10.7. The fourth-order valence-electron chi connectivity index (χ4n) is 1.79. The molecule has 0 aromatic heterocycles. The van der Waals surface area contributed by atoms with Gasteiger partial charge in [-0.3, -0.25) is 0 Å². The van der Waals surface area contributed by atoms with Crippen molar-refractivity contribution >= 4 is 29.8 Å². The number of hydrogen-bond donors (Lipinski definition) is 0. The van der Waals surface area contributed by atoms with E-state index in [0.29, 0.717) is 0 Å². The second-order valence-corrected chi connectivity index (χ2v) is 7.08. The SMILES string of the molecule is C=CCCCCC1(CC=O)SCCCS1. The third-order valence-electron chi connectivity index (χ3n) is 2.63. The highest BCUT2D eigenvalue weighted by atomic mass is 32.2. The lowest BCUT2D eigenvalue weighted by molar-refractivity contribution is -0.108. The van der Waals surface area contributed by atoms with Crippen LogP contribution >= 0.6 is 23.5 Å². The lowest BCUT2D eigenvalue weighted by atomic mass is 10.1. The number of carbonyl (C=O) groups is 1. The van der Waals surface area contributed by atoms with Gasteiger partial charge in [0.15, 0.2) is 0 Å². The average molecular weight is 244 g/mol. The molecular formula is C12H20OS2. The highest BCUT2D eigenvalue weighted by Gasteiger charge is 2.32. The van der Waals surface area contributed by atoms with Crippen LogP contribution in [0.15, 0.2) is 12.7 Å². The minimum absolute atomic E-state index is 0.209. The van der Waals surface area contributed by atoms with Gasteiger partial charge < -0.3 is 4.79 Å². The monoisotopic (exact) mass is 244 g/mol. The van der Waals surface area contributed by atoms with Crippen molar-refractivity contribution in [2.75, 3.05) is 11.5 Å². The Morgan fingerprint density at radius 2 is 2.00 bits per heavy atom. The Labute approximate surface area is 101 Å². The van der Waals surface area contributed by atoms with Crippen LogP contribution in [0.3, 0.4) is 0 Å². The molecule has 0 radical (unpaired) electrons. The van der Waals surface area contributed by atoms with E-state index in [1.165, 1.54) is 37.2 Å². The van der Waals surface area contributed by atoms with Crippen molar-refractivity contribution in [1.82, 2.24) is 0 Å². The minimum atomic E-state index is 0.209. The van der Waals surface area contributed by atoms with E-state index in [-0.39, 0.29) is 4.08 Å². The van der Waals surface area contributed by atoms with Crippen LogP contribution in [0, 0.1) is 0 Å². The van der Waals surface area contributed by atoms with Crippen molar-refractivity contribution in [3.05, 3.63) is 12.7 Å². The molecule has 1 heterocycles. The summed E-state index contributed by atoms with van der Waals surface area (Å²) in [6, 6.07) is 0. The predicted octanol–water partition coefficient (Wildman–Crippen LogP) is 3.89. The van der Waals surface area contributed by atoms with E-state index < -0.39 is 0 Å². The van der Waals surface area contributed by atoms with E-state index in [0.717, 1.165) is 19.1 Å². The van der Waals surface area contributed by atoms with Gasteiger partial charge >= 0.3 is 0 Å². The van der Waals surface area contributed by atoms with Crippen LogP contribution in [0.1, 0.15) is 38.5 Å². The summed E-state index contributed by atoms with van der Waals surface area (Å²) < 4.78 is 0.209. The number of rotatable bonds is 7. The maximum Gasteiger partial charge on any atom is 0.122 e. The molecule has 1 aliphatic rings. The molecule has 1 saturated heterocycles. The number of hydrogen-bond acceptors (Lipinski definition) is 3. The third kappa shape index (κ3) is 4.64. The summed E-state index contributed by atoms with van der Waals surface area (Å²) in [4.78, 5) is 10.7. The molecule has 86 valence electrons. The van der Waals surface area contributed by atoms with Gasteiger partial charge in [0.25, 0.3) is 0 Å². The molecule has 1 aliphatic heterocycles. The molecule has 0 atom stereocenters. The Bertz CT molecular complexity index is 198. The lowest BCUT2D eigenvalue weighted by Gasteiger charge is -2.34. The molecule has 3 heteroatoms. The van der Waals surface area contributed by atoms with Crippen molar-refractivity contribution in [3.8, 4) is 0 Å². The molecule has 0 saturated carbocycles. The van der Waals surface area contributed by atoms with E-state index in [9.17, 15) is 4.79 Å². The Morgan fingerprint density at radius 1 is 1.27 bits per heavy atom. The van der Waals surface area contributed by atoms with Crippen molar-refractivity contribution in [1.29, 1.82) is 0 Å². The zero-order valence-corrected chi connectivity index (χ0v) is 10.9. The molecule has 0 unspecified atom stereocenters. The van der Waals surface area contributed by atoms with Crippen LogP contribution in [0.25, 0.3) is 0 Å². The summed E-state index contributed by atoms with van der Waals surface area (Å²) >= 11 is 4.00. The molecule has 1 fully saturated rings. The molecule has 0 amide bonds. The fourth-order valence-corrected chi connectivity index (χ4v) is 5.08. The van der Waals surface area contributed by atoms with Crippen LogP contribution in [-0.2, 0) is 4.79 Å². The number of carbonyl (C=O) groups excluding carboxylic acids is 1. The maximum absolute atomic E-state index is 10.7. The van der Waals surface area contributed by atoms with Gasteiger partial charge in [0.05, 0.1) is 4.08 Å². The highest BCUT2D eigenvalue weighted by molar-refractivity contribution is 8.18. The van der Waals surface area contributed by atoms with Gasteiger partial charge in [-0.1, -0.05) is 12.5 Å². The zero-order valence-electron chi connectivity index (χ0n) is 9.24. The summed E-state index contributed by atoms with van der Waals surface area (Å²) in [5.74, 6) is 2.45. The second kappa shape index (κ2) is 7.39. The Balaban J connectivity index is 2.34. The first kappa shape index (κ1) is 13.2. The number of aldehydes is 1. The standard InChI is InChI=1S/C12H20OS2/c1-2-3-4-5-7-12(8-9-13)14-10-6-11-15-12/h2,9H,1,3-8,10-11H2. The van der Waals surface area contributed by atoms with Gasteiger partial charge in [0.1, 0.15) is 6.29 Å². The predicted molar refractivity (Wildman–Crippen MR) is 71.6 cm³/mol. The van der Waals surface area contributed by atoms with Crippen LogP contribution < -0.4 is 0 Å². The fraction of sp³-hybridized carbons (Fsp3) is 0.750. The summed E-state index contributed by atoms with van der Waals surface area (Å²) in [6.07, 6.45) is 9.80. The minimum Gasteiger partial charge on any atom is -0.303 e. The number of unbranched alkanes of at least 4 members (excludes halogenated alkanes) is 2. The average Bonchev–Trinajstić information content (AvgIpc) is 2.26. The van der Waals surface area contributed by atoms with Gasteiger partial charge in [0.2, 0.25) is 0 Å². The van der Waals surface area contributed by atoms with Crippen LogP contribution in [-0.4, -0.2) is 21.9 Å². The molecular weight excluding hydrogens is 224 g/mol. The summed E-state index contributed by atoms with van der Waals surface area (Å²) in [5.41, 5.74) is 0. The molecule has 1 rings (SSSR count). The largest absolute Gasteiger partial charge is 0.303 e. The smallest absolute Gasteiger partial charge is 0.122 e. The van der Waals surface area contributed by atoms with Crippen LogP contribution in [0.4, 0.5) is 0 Å². The van der Waals surface area contributed by atoms with E-state index in [1.54, 1.807) is 0 Å². The van der Waals surface area contributed by atoms with Crippen molar-refractivity contribution in [2.45, 2.75) is 42.6 Å². The topological polar surface area (TPSA) is 17.1 Å².